The van der Waals surface area contributed by atoms with E-state index in [9.17, 15) is 13.2 Å². The zero-order chi connectivity index (χ0) is 21.3. The molecule has 4 rings (SSSR count). The third-order valence-corrected chi connectivity index (χ3v) is 6.80. The Morgan fingerprint density at radius 3 is 2.53 bits per heavy atom. The van der Waals surface area contributed by atoms with Gasteiger partial charge in [-0.05, 0) is 48.7 Å². The Kier molecular flexibility index (Phi) is 5.84. The molecule has 1 aromatic heterocycles. The van der Waals surface area contributed by atoms with Crippen LogP contribution in [0.2, 0.25) is 10.0 Å². The van der Waals surface area contributed by atoms with E-state index in [-0.39, 0.29) is 33.2 Å². The molecule has 1 fully saturated rings. The van der Waals surface area contributed by atoms with Gasteiger partial charge in [-0.15, -0.1) is 0 Å². The van der Waals surface area contributed by atoms with Crippen molar-refractivity contribution in [2.45, 2.75) is 30.4 Å². The molecule has 0 unspecified atom stereocenters. The minimum atomic E-state index is -3.85. The van der Waals surface area contributed by atoms with Gasteiger partial charge in [0, 0.05) is 18.4 Å². The van der Waals surface area contributed by atoms with Crippen molar-refractivity contribution in [3.8, 4) is 5.69 Å². The molecule has 1 saturated carbocycles. The van der Waals surface area contributed by atoms with Crippen molar-refractivity contribution in [1.82, 2.24) is 14.5 Å². The highest BCUT2D eigenvalue weighted by Crippen LogP contribution is 2.31. The second-order valence-corrected chi connectivity index (χ2v) is 9.35. The van der Waals surface area contributed by atoms with Gasteiger partial charge in [-0.1, -0.05) is 35.3 Å². The van der Waals surface area contributed by atoms with E-state index >= 15 is 0 Å². The first-order valence-corrected chi connectivity index (χ1v) is 11.3. The van der Waals surface area contributed by atoms with Crippen molar-refractivity contribution in [3.63, 3.8) is 0 Å². The summed E-state index contributed by atoms with van der Waals surface area (Å²) in [5.74, 6) is -0.740. The molecule has 2 aromatic carbocycles. The highest BCUT2D eigenvalue weighted by Gasteiger charge is 2.30. The van der Waals surface area contributed by atoms with Crippen LogP contribution >= 0.6 is 23.2 Å². The van der Waals surface area contributed by atoms with Gasteiger partial charge in [-0.2, -0.15) is 5.10 Å². The summed E-state index contributed by atoms with van der Waals surface area (Å²) < 4.78 is 34.6. The number of rotatable bonds is 7. The number of carbonyl (C=O) groups excluding carboxylic acids is 1. The molecule has 0 spiro atoms. The van der Waals surface area contributed by atoms with Crippen LogP contribution in [-0.2, 0) is 21.4 Å². The Morgan fingerprint density at radius 2 is 1.90 bits per heavy atom. The van der Waals surface area contributed by atoms with Crippen LogP contribution in [0.1, 0.15) is 28.8 Å². The molecule has 3 aromatic rings. The van der Waals surface area contributed by atoms with Gasteiger partial charge in [0.2, 0.25) is 10.0 Å². The van der Waals surface area contributed by atoms with Gasteiger partial charge in [0.1, 0.15) is 11.5 Å². The van der Waals surface area contributed by atoms with Crippen molar-refractivity contribution < 1.29 is 17.9 Å². The summed E-state index contributed by atoms with van der Waals surface area (Å²) in [6, 6.07) is 11.4. The zero-order valence-corrected chi connectivity index (χ0v) is 17.9. The van der Waals surface area contributed by atoms with E-state index in [1.807, 2.05) is 36.5 Å². The minimum absolute atomic E-state index is 0.000413. The number of nitrogens with zero attached hydrogens (tertiary/aromatic N) is 2. The van der Waals surface area contributed by atoms with Gasteiger partial charge < -0.3 is 4.74 Å². The maximum Gasteiger partial charge on any atom is 0.340 e. The fourth-order valence-corrected chi connectivity index (χ4v) is 4.92. The van der Waals surface area contributed by atoms with Gasteiger partial charge in [-0.3, -0.25) is 0 Å². The number of carbonyl (C=O) groups is 1. The van der Waals surface area contributed by atoms with E-state index in [0.29, 0.717) is 0 Å². The van der Waals surface area contributed by atoms with Crippen LogP contribution in [0.25, 0.3) is 5.69 Å². The topological polar surface area (TPSA) is 90.3 Å². The molecule has 0 amide bonds. The summed E-state index contributed by atoms with van der Waals surface area (Å²) in [6.45, 7) is -0.000413. The van der Waals surface area contributed by atoms with Gasteiger partial charge in [0.15, 0.2) is 0 Å². The van der Waals surface area contributed by atoms with Crippen LogP contribution < -0.4 is 4.72 Å². The van der Waals surface area contributed by atoms with Gasteiger partial charge >= 0.3 is 5.97 Å². The summed E-state index contributed by atoms with van der Waals surface area (Å²) in [6.07, 6.45) is 5.05. The fraction of sp³-hybridized carbons (Fsp3) is 0.200. The van der Waals surface area contributed by atoms with Crippen molar-refractivity contribution in [2.75, 3.05) is 0 Å². The van der Waals surface area contributed by atoms with E-state index in [1.165, 1.54) is 6.07 Å². The highest BCUT2D eigenvalue weighted by atomic mass is 35.5. The van der Waals surface area contributed by atoms with E-state index in [1.54, 1.807) is 10.9 Å². The number of sulfonamides is 1. The lowest BCUT2D eigenvalue weighted by molar-refractivity contribution is 0.0472. The summed E-state index contributed by atoms with van der Waals surface area (Å²) in [4.78, 5) is 12.3. The molecule has 0 atom stereocenters. The van der Waals surface area contributed by atoms with E-state index < -0.39 is 16.0 Å². The molecule has 1 aliphatic carbocycles. The monoisotopic (exact) mass is 465 g/mol. The Bertz CT molecular complexity index is 1180. The summed E-state index contributed by atoms with van der Waals surface area (Å²) in [5.41, 5.74) is 1.56. The molecule has 10 heteroatoms. The van der Waals surface area contributed by atoms with E-state index in [0.717, 1.165) is 30.2 Å². The van der Waals surface area contributed by atoms with Crippen molar-refractivity contribution in [3.05, 3.63) is 76.0 Å². The number of hydrogen-bond donors (Lipinski definition) is 1. The summed E-state index contributed by atoms with van der Waals surface area (Å²) in [5, 5.41) is 4.11. The first-order chi connectivity index (χ1) is 14.3. The third kappa shape index (κ3) is 4.67. The Balaban J connectivity index is 1.48. The first kappa shape index (κ1) is 20.9. The Labute approximate surface area is 183 Å². The highest BCUT2D eigenvalue weighted by molar-refractivity contribution is 7.89. The maximum atomic E-state index is 12.5. The molecular weight excluding hydrogens is 449 g/mol. The van der Waals surface area contributed by atoms with Crippen LogP contribution in [-0.4, -0.2) is 30.2 Å². The van der Waals surface area contributed by atoms with Crippen LogP contribution in [0.3, 0.4) is 0 Å². The Hall–Kier alpha value is -2.39. The normalized spacial score (nSPS) is 13.9. The smallest absolute Gasteiger partial charge is 0.340 e. The van der Waals surface area contributed by atoms with Crippen molar-refractivity contribution in [1.29, 1.82) is 0 Å². The van der Waals surface area contributed by atoms with Crippen LogP contribution in [0.15, 0.2) is 59.8 Å². The summed E-state index contributed by atoms with van der Waals surface area (Å²) in [7, 11) is -3.85. The fourth-order valence-electron chi connectivity index (χ4n) is 2.77. The number of hydrogen-bond acceptors (Lipinski definition) is 5. The van der Waals surface area contributed by atoms with E-state index in [4.69, 9.17) is 27.9 Å². The Morgan fingerprint density at radius 1 is 1.17 bits per heavy atom. The zero-order valence-electron chi connectivity index (χ0n) is 15.6. The van der Waals surface area contributed by atoms with Crippen LogP contribution in [0, 0.1) is 0 Å². The maximum absolute atomic E-state index is 12.5. The number of esters is 1. The van der Waals surface area contributed by atoms with Gasteiger partial charge in [-0.25, -0.2) is 22.6 Å². The molecule has 1 N–H and O–H groups in total. The molecule has 0 bridgehead atoms. The quantitative estimate of drug-likeness (QED) is 0.532. The second kappa shape index (κ2) is 8.39. The molecule has 1 aliphatic rings. The number of benzene rings is 2. The molecule has 7 nitrogen and oxygen atoms in total. The SMILES string of the molecule is O=C(OCc1ccc(-n2cccn2)cc1)c1cc(S(=O)(=O)NC2CC2)c(Cl)cc1Cl. The van der Waals surface area contributed by atoms with Gasteiger partial charge in [0.25, 0.3) is 0 Å². The van der Waals surface area contributed by atoms with Crippen molar-refractivity contribution >= 4 is 39.2 Å². The molecule has 156 valence electrons. The minimum Gasteiger partial charge on any atom is -0.457 e. The standard InChI is InChI=1S/C20H17Cl2N3O4S/c21-17-11-18(22)19(30(27,28)24-14-4-5-14)10-16(17)20(26)29-12-13-2-6-15(7-3-13)25-9-1-8-23-25/h1-3,6-11,14,24H,4-5,12H2. The van der Waals surface area contributed by atoms with Crippen LogP contribution in [0.5, 0.6) is 0 Å². The average molecular weight is 466 g/mol. The molecular formula is C20H17Cl2N3O4S. The predicted molar refractivity (Wildman–Crippen MR) is 112 cm³/mol. The number of aromatic nitrogens is 2. The lowest BCUT2D eigenvalue weighted by atomic mass is 10.2. The molecule has 0 aliphatic heterocycles. The third-order valence-electron chi connectivity index (χ3n) is 4.51. The van der Waals surface area contributed by atoms with Crippen LogP contribution in [0.4, 0.5) is 0 Å². The predicted octanol–water partition coefficient (Wildman–Crippen LogP) is 3.98. The molecule has 0 saturated heterocycles. The van der Waals surface area contributed by atoms with Crippen molar-refractivity contribution in [2.24, 2.45) is 0 Å². The number of nitrogens with one attached hydrogen (secondary N) is 1. The first-order valence-electron chi connectivity index (χ1n) is 9.11. The lowest BCUT2D eigenvalue weighted by Gasteiger charge is -2.12. The summed E-state index contributed by atoms with van der Waals surface area (Å²) >= 11 is 12.2. The molecule has 1 heterocycles. The van der Waals surface area contributed by atoms with E-state index in [2.05, 4.69) is 9.82 Å². The molecule has 0 radical (unpaired) electrons. The number of halogens is 2. The second-order valence-electron chi connectivity index (χ2n) is 6.85. The largest absolute Gasteiger partial charge is 0.457 e. The average Bonchev–Trinajstić information content (AvgIpc) is 3.33. The van der Waals surface area contributed by atoms with Gasteiger partial charge in [0.05, 0.1) is 21.3 Å². The lowest BCUT2D eigenvalue weighted by Crippen LogP contribution is -2.26. The number of ether oxygens (including phenoxy) is 1. The molecule has 30 heavy (non-hydrogen) atoms.